The minimum absolute atomic E-state index is 0.166. The molecule has 0 unspecified atom stereocenters. The van der Waals surface area contributed by atoms with Gasteiger partial charge in [-0.2, -0.15) is 0 Å². The Hall–Kier alpha value is -0.830. The molecule has 0 atom stereocenters. The molecule has 17 heavy (non-hydrogen) atoms. The molecule has 0 radical (unpaired) electrons. The number of hydrogen-bond acceptors (Lipinski definition) is 1. The molecule has 1 aromatic rings. The van der Waals surface area contributed by atoms with Crippen LogP contribution in [0.3, 0.4) is 0 Å². The van der Waals surface area contributed by atoms with E-state index in [4.69, 9.17) is 0 Å². The zero-order valence-electron chi connectivity index (χ0n) is 10.3. The standard InChI is InChI=1S/C14H20BrNO/c1-12-6-2-3-7-13(12)9-11-16-14(17)8-4-5-10-15/h2-3,6-7H,4-5,8-11H2,1H3,(H,16,17). The highest BCUT2D eigenvalue weighted by atomic mass is 79.9. The smallest absolute Gasteiger partial charge is 0.220 e. The molecule has 0 spiro atoms. The van der Waals surface area contributed by atoms with E-state index in [9.17, 15) is 4.79 Å². The molecule has 1 amide bonds. The van der Waals surface area contributed by atoms with Gasteiger partial charge in [-0.1, -0.05) is 40.2 Å². The fourth-order valence-corrected chi connectivity index (χ4v) is 2.09. The molecule has 0 bridgehead atoms. The number of hydrogen-bond donors (Lipinski definition) is 1. The highest BCUT2D eigenvalue weighted by Crippen LogP contribution is 2.06. The van der Waals surface area contributed by atoms with Gasteiger partial charge in [0.05, 0.1) is 0 Å². The quantitative estimate of drug-likeness (QED) is 0.608. The number of carbonyl (C=O) groups excluding carboxylic acids is 1. The van der Waals surface area contributed by atoms with Gasteiger partial charge < -0.3 is 5.32 Å². The van der Waals surface area contributed by atoms with Crippen LogP contribution in [0.4, 0.5) is 0 Å². The molecule has 3 heteroatoms. The van der Waals surface area contributed by atoms with E-state index in [1.807, 2.05) is 12.1 Å². The van der Waals surface area contributed by atoms with Crippen molar-refractivity contribution >= 4 is 21.8 Å². The maximum atomic E-state index is 11.5. The average Bonchev–Trinajstić information content (AvgIpc) is 2.32. The first-order valence-corrected chi connectivity index (χ1v) is 7.23. The van der Waals surface area contributed by atoms with E-state index in [0.29, 0.717) is 6.42 Å². The second-order valence-corrected chi connectivity index (χ2v) is 4.97. The lowest BCUT2D eigenvalue weighted by atomic mass is 10.1. The second kappa shape index (κ2) is 8.29. The van der Waals surface area contributed by atoms with Gasteiger partial charge in [-0.15, -0.1) is 0 Å². The van der Waals surface area contributed by atoms with Gasteiger partial charge in [0.2, 0.25) is 5.91 Å². The van der Waals surface area contributed by atoms with Crippen molar-refractivity contribution in [2.75, 3.05) is 11.9 Å². The molecule has 1 rings (SSSR count). The lowest BCUT2D eigenvalue weighted by Crippen LogP contribution is -2.25. The van der Waals surface area contributed by atoms with Crippen LogP contribution in [0.5, 0.6) is 0 Å². The number of benzene rings is 1. The van der Waals surface area contributed by atoms with Crippen molar-refractivity contribution in [3.8, 4) is 0 Å². The number of rotatable bonds is 7. The van der Waals surface area contributed by atoms with Crippen LogP contribution in [0, 0.1) is 6.92 Å². The molecule has 1 N–H and O–H groups in total. The Morgan fingerprint density at radius 3 is 2.76 bits per heavy atom. The zero-order valence-corrected chi connectivity index (χ0v) is 11.9. The fraction of sp³-hybridized carbons (Fsp3) is 0.500. The molecule has 0 aliphatic carbocycles. The normalized spacial score (nSPS) is 10.2. The number of unbranched alkanes of at least 4 members (excludes halogenated alkanes) is 1. The summed E-state index contributed by atoms with van der Waals surface area (Å²) in [7, 11) is 0. The van der Waals surface area contributed by atoms with Crippen molar-refractivity contribution in [3.05, 3.63) is 35.4 Å². The van der Waals surface area contributed by atoms with E-state index >= 15 is 0 Å². The molecule has 1 aromatic carbocycles. The van der Waals surface area contributed by atoms with Gasteiger partial charge in [0.25, 0.3) is 0 Å². The Morgan fingerprint density at radius 1 is 1.29 bits per heavy atom. The summed E-state index contributed by atoms with van der Waals surface area (Å²) < 4.78 is 0. The maximum Gasteiger partial charge on any atom is 0.220 e. The van der Waals surface area contributed by atoms with Crippen molar-refractivity contribution in [1.29, 1.82) is 0 Å². The number of alkyl halides is 1. The molecule has 94 valence electrons. The highest BCUT2D eigenvalue weighted by Gasteiger charge is 2.01. The first-order chi connectivity index (χ1) is 8.24. The number of carbonyl (C=O) groups is 1. The van der Waals surface area contributed by atoms with Crippen LogP contribution < -0.4 is 5.32 Å². The monoisotopic (exact) mass is 297 g/mol. The minimum Gasteiger partial charge on any atom is -0.356 e. The van der Waals surface area contributed by atoms with E-state index in [1.54, 1.807) is 0 Å². The van der Waals surface area contributed by atoms with Crippen LogP contribution in [0.15, 0.2) is 24.3 Å². The Morgan fingerprint density at radius 2 is 2.06 bits per heavy atom. The lowest BCUT2D eigenvalue weighted by molar-refractivity contribution is -0.121. The molecular weight excluding hydrogens is 278 g/mol. The van der Waals surface area contributed by atoms with Gasteiger partial charge in [0.15, 0.2) is 0 Å². The summed E-state index contributed by atoms with van der Waals surface area (Å²) in [6.07, 6.45) is 3.57. The molecule has 0 fully saturated rings. The van der Waals surface area contributed by atoms with E-state index in [-0.39, 0.29) is 5.91 Å². The van der Waals surface area contributed by atoms with Crippen LogP contribution in [0.1, 0.15) is 30.4 Å². The summed E-state index contributed by atoms with van der Waals surface area (Å²) in [6, 6.07) is 8.30. The van der Waals surface area contributed by atoms with E-state index < -0.39 is 0 Å². The van der Waals surface area contributed by atoms with Crippen molar-refractivity contribution in [2.24, 2.45) is 0 Å². The zero-order chi connectivity index (χ0) is 12.5. The van der Waals surface area contributed by atoms with Gasteiger partial charge in [-0.25, -0.2) is 0 Å². The predicted octanol–water partition coefficient (Wildman–Crippen LogP) is 3.22. The first kappa shape index (κ1) is 14.2. The lowest BCUT2D eigenvalue weighted by Gasteiger charge is -2.07. The average molecular weight is 298 g/mol. The van der Waals surface area contributed by atoms with E-state index in [0.717, 1.165) is 31.1 Å². The largest absolute Gasteiger partial charge is 0.356 e. The SMILES string of the molecule is Cc1ccccc1CCNC(=O)CCCCBr. The van der Waals surface area contributed by atoms with Crippen LogP contribution >= 0.6 is 15.9 Å². The number of halogens is 1. The van der Waals surface area contributed by atoms with Gasteiger partial charge in [0, 0.05) is 18.3 Å². The maximum absolute atomic E-state index is 11.5. The number of aryl methyl sites for hydroxylation is 1. The Balaban J connectivity index is 2.19. The first-order valence-electron chi connectivity index (χ1n) is 6.11. The van der Waals surface area contributed by atoms with Crippen LogP contribution in [0.25, 0.3) is 0 Å². The Kier molecular flexibility index (Phi) is 6.94. The van der Waals surface area contributed by atoms with Gasteiger partial charge >= 0.3 is 0 Å². The van der Waals surface area contributed by atoms with Crippen molar-refractivity contribution in [2.45, 2.75) is 32.6 Å². The third-order valence-corrected chi connectivity index (χ3v) is 3.33. The summed E-state index contributed by atoms with van der Waals surface area (Å²) in [6.45, 7) is 2.84. The Labute approximate surface area is 112 Å². The summed E-state index contributed by atoms with van der Waals surface area (Å²) in [5.74, 6) is 0.166. The van der Waals surface area contributed by atoms with Gasteiger partial charge in [0.1, 0.15) is 0 Å². The molecular formula is C14H20BrNO. The molecule has 0 aliphatic heterocycles. The van der Waals surface area contributed by atoms with Crippen molar-refractivity contribution in [3.63, 3.8) is 0 Å². The third-order valence-electron chi connectivity index (χ3n) is 2.77. The Bertz CT molecular complexity index is 352. The molecule has 2 nitrogen and oxygen atoms in total. The summed E-state index contributed by atoms with van der Waals surface area (Å²) in [4.78, 5) is 11.5. The highest BCUT2D eigenvalue weighted by molar-refractivity contribution is 9.09. The second-order valence-electron chi connectivity index (χ2n) is 4.17. The van der Waals surface area contributed by atoms with Crippen molar-refractivity contribution < 1.29 is 4.79 Å². The van der Waals surface area contributed by atoms with Crippen molar-refractivity contribution in [1.82, 2.24) is 5.32 Å². The number of nitrogens with one attached hydrogen (secondary N) is 1. The molecule has 0 aliphatic rings. The molecule has 0 heterocycles. The van der Waals surface area contributed by atoms with E-state index in [2.05, 4.69) is 40.3 Å². The summed E-state index contributed by atoms with van der Waals surface area (Å²) in [5, 5.41) is 3.94. The topological polar surface area (TPSA) is 29.1 Å². The third kappa shape index (κ3) is 5.87. The van der Waals surface area contributed by atoms with Gasteiger partial charge in [-0.05, 0) is 37.3 Å². The van der Waals surface area contributed by atoms with Crippen LogP contribution in [0.2, 0.25) is 0 Å². The van der Waals surface area contributed by atoms with E-state index in [1.165, 1.54) is 11.1 Å². The summed E-state index contributed by atoms with van der Waals surface area (Å²) >= 11 is 3.36. The fourth-order valence-electron chi connectivity index (χ4n) is 1.70. The minimum atomic E-state index is 0.166. The molecule has 0 saturated carbocycles. The molecule has 0 aromatic heterocycles. The molecule has 0 saturated heterocycles. The summed E-state index contributed by atoms with van der Waals surface area (Å²) in [5.41, 5.74) is 2.61. The van der Waals surface area contributed by atoms with Gasteiger partial charge in [-0.3, -0.25) is 4.79 Å². The number of amides is 1. The van der Waals surface area contributed by atoms with Crippen LogP contribution in [-0.4, -0.2) is 17.8 Å². The van der Waals surface area contributed by atoms with Crippen LogP contribution in [-0.2, 0) is 11.2 Å². The predicted molar refractivity (Wildman–Crippen MR) is 75.5 cm³/mol.